The van der Waals surface area contributed by atoms with E-state index in [0.29, 0.717) is 43.7 Å². The van der Waals surface area contributed by atoms with E-state index in [1.165, 1.54) is 0 Å². The van der Waals surface area contributed by atoms with Crippen molar-refractivity contribution in [2.45, 2.75) is 59.4 Å². The molecule has 170 valence electrons. The van der Waals surface area contributed by atoms with Crippen LogP contribution in [0.3, 0.4) is 0 Å². The van der Waals surface area contributed by atoms with E-state index < -0.39 is 27.7 Å². The molecule has 4 aliphatic rings. The van der Waals surface area contributed by atoms with Gasteiger partial charge >= 0.3 is 6.09 Å². The van der Waals surface area contributed by atoms with Crippen LogP contribution in [0.15, 0.2) is 12.1 Å². The summed E-state index contributed by atoms with van der Waals surface area (Å²) in [7, 11) is 3.53. The van der Waals surface area contributed by atoms with Gasteiger partial charge < -0.3 is 29.5 Å². The van der Waals surface area contributed by atoms with Crippen LogP contribution in [0.4, 0.5) is 4.79 Å². The summed E-state index contributed by atoms with van der Waals surface area (Å²) in [5.74, 6) is 1.11. The van der Waals surface area contributed by atoms with Crippen molar-refractivity contribution < 1.29 is 24.1 Å². The highest BCUT2D eigenvalue weighted by Crippen LogP contribution is 2.65. The van der Waals surface area contributed by atoms with Crippen LogP contribution < -0.4 is 14.8 Å². The van der Waals surface area contributed by atoms with E-state index >= 15 is 0 Å². The van der Waals surface area contributed by atoms with Crippen molar-refractivity contribution in [1.29, 1.82) is 0 Å². The van der Waals surface area contributed by atoms with Crippen molar-refractivity contribution in [2.75, 3.05) is 26.6 Å². The number of hydrogen-bond donors (Lipinski definition) is 2. The lowest BCUT2D eigenvalue weighted by Gasteiger charge is -2.63. The summed E-state index contributed by atoms with van der Waals surface area (Å²) in [5, 5.41) is 15.6. The van der Waals surface area contributed by atoms with Gasteiger partial charge in [0.1, 0.15) is 6.10 Å². The Morgan fingerprint density at radius 1 is 1.42 bits per heavy atom. The summed E-state index contributed by atoms with van der Waals surface area (Å²) in [6.07, 6.45) is 1.27. The quantitative estimate of drug-likeness (QED) is 0.631. The molecular formula is C21H25Cl3N2O5. The van der Waals surface area contributed by atoms with Crippen LogP contribution in [0.1, 0.15) is 30.4 Å². The van der Waals surface area contributed by atoms with Gasteiger partial charge in [0.25, 0.3) is 4.52 Å². The molecule has 1 aromatic carbocycles. The van der Waals surface area contributed by atoms with Crippen LogP contribution in [-0.4, -0.2) is 71.0 Å². The van der Waals surface area contributed by atoms with Gasteiger partial charge in [-0.05, 0) is 44.4 Å². The second-order valence-electron chi connectivity index (χ2n) is 8.80. The van der Waals surface area contributed by atoms with E-state index in [4.69, 9.17) is 49.0 Å². The number of alkyl halides is 3. The molecule has 5 rings (SSSR count). The molecule has 0 radical (unpaired) electrons. The first-order chi connectivity index (χ1) is 14.7. The fourth-order valence-electron chi connectivity index (χ4n) is 6.42. The number of rotatable bonds is 4. The second-order valence-corrected chi connectivity index (χ2v) is 10.5. The summed E-state index contributed by atoms with van der Waals surface area (Å²) < 4.78 is 15.5. The third-order valence-electron chi connectivity index (χ3n) is 7.66. The molecular weight excluding hydrogens is 467 g/mol. The summed E-state index contributed by atoms with van der Waals surface area (Å²) in [6.45, 7) is 0.379. The molecule has 2 N–H and O–H groups in total. The number of nitrogens with one attached hydrogen (secondary N) is 1. The normalized spacial score (nSPS) is 35.3. The van der Waals surface area contributed by atoms with Crippen molar-refractivity contribution in [3.63, 3.8) is 0 Å². The maximum Gasteiger partial charge on any atom is 0.412 e. The molecule has 2 aliphatic carbocycles. The molecule has 2 bridgehead atoms. The van der Waals surface area contributed by atoms with E-state index in [-0.39, 0.29) is 18.0 Å². The number of nitrogens with zero attached hydrogens (tertiary/aromatic N) is 1. The monoisotopic (exact) mass is 490 g/mol. The first-order valence-corrected chi connectivity index (χ1v) is 11.7. The SMILES string of the molecule is CN[C@@H]1CC[C@@]2(O)[C@H]3Cc4ccc(OC)c5c4[C@@]2(CCN3C(=O)OC(Cl)(Cl)CCl)[C@H]1O5. The maximum absolute atomic E-state index is 13.0. The third-order valence-corrected chi connectivity index (χ3v) is 8.74. The van der Waals surface area contributed by atoms with Gasteiger partial charge in [0.15, 0.2) is 11.5 Å². The Kier molecular flexibility index (Phi) is 5.03. The zero-order valence-electron chi connectivity index (χ0n) is 17.3. The summed E-state index contributed by atoms with van der Waals surface area (Å²) in [5.41, 5.74) is 0.231. The molecule has 10 heteroatoms. The van der Waals surface area contributed by atoms with Crippen molar-refractivity contribution in [1.82, 2.24) is 10.2 Å². The van der Waals surface area contributed by atoms with E-state index in [0.717, 1.165) is 11.1 Å². The Hall–Kier alpha value is -1.12. The Balaban J connectivity index is 1.63. The van der Waals surface area contributed by atoms with Crippen molar-refractivity contribution in [2.24, 2.45) is 0 Å². The van der Waals surface area contributed by atoms with Crippen LogP contribution in [0.2, 0.25) is 0 Å². The van der Waals surface area contributed by atoms with Gasteiger partial charge in [-0.3, -0.25) is 0 Å². The average molecular weight is 492 g/mol. The molecule has 5 atom stereocenters. The van der Waals surface area contributed by atoms with Gasteiger partial charge in [0, 0.05) is 18.2 Å². The molecule has 2 aliphatic heterocycles. The van der Waals surface area contributed by atoms with Gasteiger partial charge in [-0.25, -0.2) is 4.79 Å². The number of ether oxygens (including phenoxy) is 3. The van der Waals surface area contributed by atoms with E-state index in [1.807, 2.05) is 19.2 Å². The zero-order valence-corrected chi connectivity index (χ0v) is 19.6. The number of likely N-dealkylation sites (N-methyl/N-ethyl adjacent to an activating group) is 1. The standard InChI is InChI=1S/C21H25Cl3N2O5/c1-25-12-5-6-20(28)14-9-11-3-4-13(29-2)16-15(11)19(20,17(12)30-16)7-8-26(14)18(27)31-21(23,24)10-22/h3-4,12,14,17,25,28H,5-10H2,1-2H3/t12-,14-,17+,19+,20-/m1/s1. The van der Waals surface area contributed by atoms with E-state index in [1.54, 1.807) is 12.0 Å². The zero-order chi connectivity index (χ0) is 22.2. The minimum atomic E-state index is -1.83. The van der Waals surface area contributed by atoms with E-state index in [9.17, 15) is 9.90 Å². The molecule has 2 fully saturated rings. The number of halogens is 3. The molecule has 31 heavy (non-hydrogen) atoms. The highest BCUT2D eigenvalue weighted by Gasteiger charge is 2.73. The molecule has 2 heterocycles. The Morgan fingerprint density at radius 2 is 2.19 bits per heavy atom. The number of likely N-dealkylation sites (tertiary alicyclic amines) is 1. The lowest BCUT2D eigenvalue weighted by molar-refractivity contribution is -0.185. The topological polar surface area (TPSA) is 80.3 Å². The van der Waals surface area contributed by atoms with Gasteiger partial charge in [-0.15, -0.1) is 11.6 Å². The molecule has 0 unspecified atom stereocenters. The smallest absolute Gasteiger partial charge is 0.412 e. The number of amides is 1. The fraction of sp³-hybridized carbons (Fsp3) is 0.667. The lowest BCUT2D eigenvalue weighted by atomic mass is 9.48. The van der Waals surface area contributed by atoms with Crippen LogP contribution in [0, 0.1) is 0 Å². The largest absolute Gasteiger partial charge is 0.493 e. The first kappa shape index (κ1) is 21.7. The second kappa shape index (κ2) is 7.19. The number of carbonyl (C=O) groups is 1. The lowest BCUT2D eigenvalue weighted by Crippen LogP contribution is -2.78. The van der Waals surface area contributed by atoms with Crippen molar-refractivity contribution in [3.8, 4) is 11.5 Å². The number of carbonyl (C=O) groups excluding carboxylic acids is 1. The van der Waals surface area contributed by atoms with Crippen LogP contribution in [-0.2, 0) is 16.6 Å². The predicted molar refractivity (Wildman–Crippen MR) is 117 cm³/mol. The summed E-state index contributed by atoms with van der Waals surface area (Å²) in [4.78, 5) is 14.6. The minimum absolute atomic E-state index is 0.0667. The Bertz CT molecular complexity index is 931. The van der Waals surface area contributed by atoms with Gasteiger partial charge in [0.05, 0.1) is 30.0 Å². The minimum Gasteiger partial charge on any atom is -0.493 e. The maximum atomic E-state index is 13.0. The summed E-state index contributed by atoms with van der Waals surface area (Å²) in [6, 6.07) is 3.46. The molecule has 1 amide bonds. The summed E-state index contributed by atoms with van der Waals surface area (Å²) >= 11 is 17.7. The number of benzene rings is 1. The number of methoxy groups -OCH3 is 1. The number of aliphatic hydroxyl groups is 1. The van der Waals surface area contributed by atoms with Gasteiger partial charge in [-0.2, -0.15) is 0 Å². The van der Waals surface area contributed by atoms with Crippen LogP contribution in [0.5, 0.6) is 11.5 Å². The predicted octanol–water partition coefficient (Wildman–Crippen LogP) is 2.94. The molecule has 7 nitrogen and oxygen atoms in total. The van der Waals surface area contributed by atoms with Crippen molar-refractivity contribution in [3.05, 3.63) is 23.3 Å². The molecule has 1 aromatic rings. The first-order valence-electron chi connectivity index (χ1n) is 10.4. The molecule has 1 saturated carbocycles. The van der Waals surface area contributed by atoms with Gasteiger partial charge in [-0.1, -0.05) is 29.3 Å². The average Bonchev–Trinajstić information content (AvgIpc) is 3.08. The number of piperidine rings is 1. The Labute approximate surface area is 195 Å². The van der Waals surface area contributed by atoms with Crippen LogP contribution in [0.25, 0.3) is 0 Å². The highest BCUT2D eigenvalue weighted by atomic mass is 35.5. The molecule has 1 spiro atoms. The fourth-order valence-corrected chi connectivity index (χ4v) is 6.61. The highest BCUT2D eigenvalue weighted by molar-refractivity contribution is 6.50. The van der Waals surface area contributed by atoms with Crippen molar-refractivity contribution >= 4 is 40.9 Å². The Morgan fingerprint density at radius 3 is 2.87 bits per heavy atom. The molecule has 0 aromatic heterocycles. The van der Waals surface area contributed by atoms with Gasteiger partial charge in [0.2, 0.25) is 0 Å². The van der Waals surface area contributed by atoms with Crippen LogP contribution >= 0.6 is 34.8 Å². The molecule has 1 saturated heterocycles. The number of hydrogen-bond acceptors (Lipinski definition) is 6. The van der Waals surface area contributed by atoms with E-state index in [2.05, 4.69) is 5.32 Å². The third kappa shape index (κ3) is 2.76.